The number of aliphatic hydroxyl groups excluding tert-OH is 1. The van der Waals surface area contributed by atoms with Crippen molar-refractivity contribution in [3.8, 4) is 0 Å². The van der Waals surface area contributed by atoms with Gasteiger partial charge in [0.25, 0.3) is 0 Å². The van der Waals surface area contributed by atoms with Crippen LogP contribution in [0.3, 0.4) is 0 Å². The van der Waals surface area contributed by atoms with Crippen molar-refractivity contribution in [2.24, 2.45) is 0 Å². The van der Waals surface area contributed by atoms with Crippen LogP contribution in [0.15, 0.2) is 35.6 Å². The minimum Gasteiger partial charge on any atom is -0.512 e. The van der Waals surface area contributed by atoms with E-state index in [1.54, 1.807) is 0 Å². The van der Waals surface area contributed by atoms with Crippen LogP contribution in [0.1, 0.15) is 12.8 Å². The molecule has 0 fully saturated rings. The van der Waals surface area contributed by atoms with Gasteiger partial charge in [0.1, 0.15) is 0 Å². The van der Waals surface area contributed by atoms with Crippen LogP contribution < -0.4 is 0 Å². The van der Waals surface area contributed by atoms with Crippen molar-refractivity contribution in [1.82, 2.24) is 0 Å². The Labute approximate surface area is 72.5 Å². The van der Waals surface area contributed by atoms with E-state index in [0.29, 0.717) is 5.76 Å². The molecule has 0 unspecified atom stereocenters. The van der Waals surface area contributed by atoms with Crippen LogP contribution in [0.2, 0.25) is 0 Å². The van der Waals surface area contributed by atoms with Gasteiger partial charge >= 0.3 is 0 Å². The van der Waals surface area contributed by atoms with Crippen molar-refractivity contribution in [1.29, 1.82) is 0 Å². The van der Waals surface area contributed by atoms with Crippen LogP contribution in [0.25, 0.3) is 0 Å². The van der Waals surface area contributed by atoms with E-state index >= 15 is 0 Å². The van der Waals surface area contributed by atoms with Crippen LogP contribution >= 0.6 is 12.6 Å². The van der Waals surface area contributed by atoms with Crippen molar-refractivity contribution in [2.75, 3.05) is 5.75 Å². The molecule has 0 atom stereocenters. The van der Waals surface area contributed by atoms with Crippen LogP contribution in [0.5, 0.6) is 0 Å². The molecule has 1 aliphatic rings. The summed E-state index contributed by atoms with van der Waals surface area (Å²) in [6.45, 7) is 0. The maximum atomic E-state index is 9.42. The van der Waals surface area contributed by atoms with Gasteiger partial charge in [-0.2, -0.15) is 12.6 Å². The molecule has 1 nitrogen and oxygen atoms in total. The van der Waals surface area contributed by atoms with Crippen molar-refractivity contribution >= 4 is 12.6 Å². The number of rotatable bonds is 3. The highest BCUT2D eigenvalue weighted by molar-refractivity contribution is 7.80. The van der Waals surface area contributed by atoms with Gasteiger partial charge in [0.15, 0.2) is 0 Å². The summed E-state index contributed by atoms with van der Waals surface area (Å²) in [7, 11) is 0. The second kappa shape index (κ2) is 4.29. The summed E-state index contributed by atoms with van der Waals surface area (Å²) in [6.07, 6.45) is 9.33. The van der Waals surface area contributed by atoms with Crippen molar-refractivity contribution in [2.45, 2.75) is 12.8 Å². The van der Waals surface area contributed by atoms with E-state index in [0.717, 1.165) is 24.2 Å². The minimum absolute atomic E-state index is 0.476. The Kier molecular flexibility index (Phi) is 3.30. The molecule has 0 heterocycles. The van der Waals surface area contributed by atoms with E-state index in [-0.39, 0.29) is 0 Å². The van der Waals surface area contributed by atoms with Crippen molar-refractivity contribution in [3.05, 3.63) is 35.6 Å². The van der Waals surface area contributed by atoms with Gasteiger partial charge in [0, 0.05) is 12.0 Å². The van der Waals surface area contributed by atoms with Gasteiger partial charge in [-0.25, -0.2) is 0 Å². The van der Waals surface area contributed by atoms with Crippen LogP contribution in [-0.4, -0.2) is 10.9 Å². The van der Waals surface area contributed by atoms with Gasteiger partial charge in [-0.3, -0.25) is 0 Å². The average molecular weight is 168 g/mol. The maximum Gasteiger partial charge on any atom is 0.0995 e. The van der Waals surface area contributed by atoms with Gasteiger partial charge in [0.2, 0.25) is 0 Å². The monoisotopic (exact) mass is 168 g/mol. The Morgan fingerprint density at radius 2 is 2.00 bits per heavy atom. The molecule has 0 radical (unpaired) electrons. The molecule has 1 aliphatic carbocycles. The normalized spacial score (nSPS) is 14.5. The lowest BCUT2D eigenvalue weighted by molar-refractivity contribution is 0.384. The summed E-state index contributed by atoms with van der Waals surface area (Å²) in [5, 5.41) is 9.42. The SMILES string of the molecule is OC(CCCS)=C1C=CC=C1. The lowest BCUT2D eigenvalue weighted by atomic mass is 10.2. The first-order valence-corrected chi connectivity index (χ1v) is 4.35. The molecule has 11 heavy (non-hydrogen) atoms. The Morgan fingerprint density at radius 1 is 1.36 bits per heavy atom. The smallest absolute Gasteiger partial charge is 0.0995 e. The summed E-state index contributed by atoms with van der Waals surface area (Å²) in [5.74, 6) is 1.30. The first kappa shape index (κ1) is 8.47. The molecule has 0 bridgehead atoms. The molecule has 0 saturated heterocycles. The zero-order valence-electron chi connectivity index (χ0n) is 6.33. The average Bonchev–Trinajstić information content (AvgIpc) is 2.52. The quantitative estimate of drug-likeness (QED) is 0.490. The van der Waals surface area contributed by atoms with E-state index in [2.05, 4.69) is 12.6 Å². The van der Waals surface area contributed by atoms with E-state index in [1.165, 1.54) is 0 Å². The van der Waals surface area contributed by atoms with Crippen LogP contribution in [0.4, 0.5) is 0 Å². The molecular formula is C9H12OS. The fraction of sp³-hybridized carbons (Fsp3) is 0.333. The van der Waals surface area contributed by atoms with Crippen molar-refractivity contribution < 1.29 is 5.11 Å². The second-order valence-electron chi connectivity index (χ2n) is 2.45. The standard InChI is InChI=1S/C9H12OS/c10-9(6-3-7-11)8-4-1-2-5-8/h1-2,4-5,10-11H,3,6-7H2. The predicted molar refractivity (Wildman–Crippen MR) is 51.0 cm³/mol. The summed E-state index contributed by atoms with van der Waals surface area (Å²) < 4.78 is 0. The molecule has 1 rings (SSSR count). The molecule has 0 aliphatic heterocycles. The third-order valence-electron chi connectivity index (χ3n) is 1.57. The maximum absolute atomic E-state index is 9.42. The van der Waals surface area contributed by atoms with Gasteiger partial charge in [-0.1, -0.05) is 24.3 Å². The lowest BCUT2D eigenvalue weighted by Crippen LogP contribution is -1.86. The third kappa shape index (κ3) is 2.46. The highest BCUT2D eigenvalue weighted by atomic mass is 32.1. The fourth-order valence-corrected chi connectivity index (χ4v) is 1.12. The number of hydrogen-bond acceptors (Lipinski definition) is 2. The molecule has 0 aromatic rings. The first-order valence-electron chi connectivity index (χ1n) is 3.72. The summed E-state index contributed by atoms with van der Waals surface area (Å²) in [5.41, 5.74) is 0.937. The summed E-state index contributed by atoms with van der Waals surface area (Å²) in [4.78, 5) is 0. The minimum atomic E-state index is 0.476. The Hall–Kier alpha value is -0.630. The zero-order chi connectivity index (χ0) is 8.10. The largest absolute Gasteiger partial charge is 0.512 e. The molecule has 0 aromatic heterocycles. The Balaban J connectivity index is 2.50. The molecular weight excluding hydrogens is 156 g/mol. The molecule has 2 heteroatoms. The Bertz CT molecular complexity index is 200. The topological polar surface area (TPSA) is 20.2 Å². The lowest BCUT2D eigenvalue weighted by Gasteiger charge is -1.99. The van der Waals surface area contributed by atoms with Gasteiger partial charge in [-0.05, 0) is 12.2 Å². The molecule has 0 saturated carbocycles. The molecule has 60 valence electrons. The molecule has 0 aromatic carbocycles. The number of allylic oxidation sites excluding steroid dienone is 6. The summed E-state index contributed by atoms with van der Waals surface area (Å²) >= 11 is 4.07. The van der Waals surface area contributed by atoms with Crippen LogP contribution in [0, 0.1) is 0 Å². The third-order valence-corrected chi connectivity index (χ3v) is 1.88. The number of aliphatic hydroxyl groups is 1. The van der Waals surface area contributed by atoms with E-state index < -0.39 is 0 Å². The molecule has 0 spiro atoms. The fourth-order valence-electron chi connectivity index (χ4n) is 0.957. The summed E-state index contributed by atoms with van der Waals surface area (Å²) in [6, 6.07) is 0. The van der Waals surface area contributed by atoms with Crippen molar-refractivity contribution in [3.63, 3.8) is 0 Å². The Morgan fingerprint density at radius 3 is 2.55 bits per heavy atom. The zero-order valence-corrected chi connectivity index (χ0v) is 7.22. The van der Waals surface area contributed by atoms with E-state index in [9.17, 15) is 5.11 Å². The highest BCUT2D eigenvalue weighted by Gasteiger charge is 2.00. The number of thiol groups is 1. The highest BCUT2D eigenvalue weighted by Crippen LogP contribution is 2.15. The molecule has 0 amide bonds. The van der Waals surface area contributed by atoms with Crippen LogP contribution in [-0.2, 0) is 0 Å². The van der Waals surface area contributed by atoms with Gasteiger partial charge < -0.3 is 5.11 Å². The number of hydrogen-bond donors (Lipinski definition) is 2. The second-order valence-corrected chi connectivity index (χ2v) is 2.89. The van der Waals surface area contributed by atoms with Gasteiger partial charge in [-0.15, -0.1) is 0 Å². The van der Waals surface area contributed by atoms with E-state index in [1.807, 2.05) is 24.3 Å². The van der Waals surface area contributed by atoms with E-state index in [4.69, 9.17) is 0 Å². The molecule has 1 N–H and O–H groups in total. The van der Waals surface area contributed by atoms with Gasteiger partial charge in [0.05, 0.1) is 5.76 Å². The first-order chi connectivity index (χ1) is 5.34. The predicted octanol–water partition coefficient (Wildman–Crippen LogP) is 2.63.